The lowest BCUT2D eigenvalue weighted by molar-refractivity contribution is -0.138. The van der Waals surface area contributed by atoms with Crippen LogP contribution in [-0.2, 0) is 75.8 Å². The van der Waals surface area contributed by atoms with E-state index < -0.39 is 12.1 Å². The van der Waals surface area contributed by atoms with Gasteiger partial charge in [-0.05, 0) is 22.3 Å². The van der Waals surface area contributed by atoms with Crippen LogP contribution in [0.2, 0.25) is 0 Å². The highest BCUT2D eigenvalue weighted by Crippen LogP contribution is 2.44. The van der Waals surface area contributed by atoms with Crippen molar-refractivity contribution >= 4 is 12.1 Å². The number of ether oxygens (including phenoxy) is 15. The molecule has 370 valence electrons. The van der Waals surface area contributed by atoms with Crippen molar-refractivity contribution in [3.63, 3.8) is 0 Å². The number of fused-ring (bicyclic) bond motifs is 3. The summed E-state index contributed by atoms with van der Waals surface area (Å²) in [5.41, 5.74) is 4.75. The highest BCUT2D eigenvalue weighted by Gasteiger charge is 2.29. The molecule has 0 saturated carbocycles. The first kappa shape index (κ1) is 55.9. The molecule has 0 heterocycles. The van der Waals surface area contributed by atoms with Crippen LogP contribution in [0, 0.1) is 0 Å². The summed E-state index contributed by atoms with van der Waals surface area (Å²) in [5.74, 6) is -0.849. The molecule has 2 aromatic carbocycles. The van der Waals surface area contributed by atoms with Gasteiger partial charge in [-0.3, -0.25) is 4.79 Å². The minimum atomic E-state index is -0.879. The fourth-order valence-corrected chi connectivity index (χ4v) is 6.00. The number of alkyl carbamates (subject to hydrolysis) is 1. The maximum Gasteiger partial charge on any atom is 0.407 e. The Bertz CT molecular complexity index is 1390. The lowest BCUT2D eigenvalue weighted by Crippen LogP contribution is -2.29. The van der Waals surface area contributed by atoms with Gasteiger partial charge in [-0.25, -0.2) is 4.79 Å². The number of carboxylic acid groups (broad SMARTS) is 1. The lowest BCUT2D eigenvalue weighted by Gasteiger charge is -2.14. The van der Waals surface area contributed by atoms with Crippen molar-refractivity contribution in [2.45, 2.75) is 12.3 Å². The molecule has 0 bridgehead atoms. The second-order valence-corrected chi connectivity index (χ2v) is 14.0. The minimum absolute atomic E-state index is 0.00864. The van der Waals surface area contributed by atoms with Gasteiger partial charge in [0.15, 0.2) is 0 Å². The fourth-order valence-electron chi connectivity index (χ4n) is 6.00. The molecule has 0 saturated heterocycles. The zero-order valence-corrected chi connectivity index (χ0v) is 38.0. The molecule has 2 N–H and O–H groups in total. The van der Waals surface area contributed by atoms with Crippen LogP contribution in [0.4, 0.5) is 4.79 Å². The number of carbonyl (C=O) groups excluding carboxylic acids is 1. The third kappa shape index (κ3) is 29.8. The number of hydrogen-bond acceptors (Lipinski definition) is 17. The van der Waals surface area contributed by atoms with Gasteiger partial charge in [0.05, 0.1) is 191 Å². The Kier molecular flexibility index (Phi) is 35.2. The molecule has 1 amide bonds. The van der Waals surface area contributed by atoms with Crippen molar-refractivity contribution < 1.29 is 85.7 Å². The molecular weight excluding hydrogens is 854 g/mol. The molecule has 19 nitrogen and oxygen atoms in total. The molecule has 0 atom stereocenters. The quantitative estimate of drug-likeness (QED) is 0.0915. The van der Waals surface area contributed by atoms with E-state index in [1.54, 1.807) is 0 Å². The molecule has 0 radical (unpaired) electrons. The van der Waals surface area contributed by atoms with Crippen LogP contribution >= 0.6 is 0 Å². The van der Waals surface area contributed by atoms with Gasteiger partial charge in [-0.1, -0.05) is 48.5 Å². The number of rotatable bonds is 47. The summed E-state index contributed by atoms with van der Waals surface area (Å²) in [4.78, 5) is 22.6. The zero-order valence-electron chi connectivity index (χ0n) is 38.0. The molecule has 2 aromatic rings. The molecule has 0 spiro atoms. The van der Waals surface area contributed by atoms with E-state index in [4.69, 9.17) is 76.2 Å². The van der Waals surface area contributed by atoms with Gasteiger partial charge in [0.2, 0.25) is 0 Å². The average Bonchev–Trinajstić information content (AvgIpc) is 3.64. The Balaban J connectivity index is 0.902. The van der Waals surface area contributed by atoms with Crippen LogP contribution in [0.5, 0.6) is 0 Å². The molecule has 0 aromatic heterocycles. The molecule has 19 heteroatoms. The van der Waals surface area contributed by atoms with E-state index in [2.05, 4.69) is 29.6 Å². The van der Waals surface area contributed by atoms with E-state index in [0.717, 1.165) is 0 Å². The van der Waals surface area contributed by atoms with Crippen molar-refractivity contribution in [3.05, 3.63) is 59.7 Å². The number of amides is 1. The van der Waals surface area contributed by atoms with Crippen LogP contribution in [0.3, 0.4) is 0 Å². The van der Waals surface area contributed by atoms with Gasteiger partial charge in [0.25, 0.3) is 0 Å². The highest BCUT2D eigenvalue weighted by molar-refractivity contribution is 5.79. The van der Waals surface area contributed by atoms with Gasteiger partial charge in [0, 0.05) is 12.5 Å². The Morgan fingerprint density at radius 2 is 0.646 bits per heavy atom. The standard InChI is InChI=1S/C46H73NO18/c48-45(49)9-11-51-13-15-53-17-19-55-21-23-57-25-27-59-29-31-61-33-35-63-37-38-64-36-34-62-32-30-60-28-26-58-24-22-56-20-18-54-16-14-52-12-10-47-46(50)65-39-44-42-7-3-1-5-40(42)41-6-2-4-8-43(41)44/h1-8,44H,9-39H2,(H,47,50)(H,48,49). The first-order valence-electron chi connectivity index (χ1n) is 22.6. The van der Waals surface area contributed by atoms with Gasteiger partial charge >= 0.3 is 12.1 Å². The van der Waals surface area contributed by atoms with Crippen molar-refractivity contribution in [1.29, 1.82) is 0 Å². The molecule has 65 heavy (non-hydrogen) atoms. The van der Waals surface area contributed by atoms with Crippen LogP contribution in [0.15, 0.2) is 48.5 Å². The van der Waals surface area contributed by atoms with Gasteiger partial charge in [0.1, 0.15) is 6.61 Å². The number of carbonyl (C=O) groups is 2. The Hall–Kier alpha value is -3.38. The van der Waals surface area contributed by atoms with Gasteiger partial charge < -0.3 is 81.5 Å². The summed E-state index contributed by atoms with van der Waals surface area (Å²) in [7, 11) is 0. The monoisotopic (exact) mass is 927 g/mol. The predicted molar refractivity (Wildman–Crippen MR) is 237 cm³/mol. The number of carboxylic acids is 1. The molecule has 1 aliphatic carbocycles. The first-order chi connectivity index (χ1) is 32.2. The maximum atomic E-state index is 12.3. The summed E-state index contributed by atoms with van der Waals surface area (Å²) in [5, 5.41) is 11.3. The van der Waals surface area contributed by atoms with E-state index in [1.807, 2.05) is 24.3 Å². The summed E-state index contributed by atoms with van der Waals surface area (Å²) >= 11 is 0. The topological polar surface area (TPSA) is 205 Å². The van der Waals surface area contributed by atoms with E-state index in [1.165, 1.54) is 22.3 Å². The summed E-state index contributed by atoms with van der Waals surface area (Å²) < 4.78 is 81.9. The van der Waals surface area contributed by atoms with Crippen molar-refractivity contribution in [2.24, 2.45) is 0 Å². The number of benzene rings is 2. The Morgan fingerprint density at radius 3 is 0.938 bits per heavy atom. The minimum Gasteiger partial charge on any atom is -0.481 e. The fraction of sp³-hybridized carbons (Fsp3) is 0.696. The van der Waals surface area contributed by atoms with Crippen molar-refractivity contribution in [2.75, 3.05) is 198 Å². The van der Waals surface area contributed by atoms with Crippen LogP contribution < -0.4 is 5.32 Å². The Labute approximate surface area is 383 Å². The van der Waals surface area contributed by atoms with Crippen molar-refractivity contribution in [3.8, 4) is 11.1 Å². The molecule has 0 fully saturated rings. The van der Waals surface area contributed by atoms with Crippen LogP contribution in [-0.4, -0.2) is 215 Å². The van der Waals surface area contributed by atoms with E-state index in [-0.39, 0.29) is 25.6 Å². The van der Waals surface area contributed by atoms with Crippen LogP contribution in [0.25, 0.3) is 11.1 Å². The largest absolute Gasteiger partial charge is 0.481 e. The molecule has 1 aliphatic rings. The second kappa shape index (κ2) is 40.9. The smallest absolute Gasteiger partial charge is 0.407 e. The molecule has 3 rings (SSSR count). The SMILES string of the molecule is O=C(O)CCOCCOCCOCCOCCOCCOCCOCCOCCOCCOCCOCCOCCOCCOCCNC(=O)OCC1c2ccccc2-c2ccccc21. The normalized spacial score (nSPS) is 12.1. The molecule has 0 unspecified atom stereocenters. The van der Waals surface area contributed by atoms with Gasteiger partial charge in [-0.2, -0.15) is 0 Å². The second-order valence-electron chi connectivity index (χ2n) is 14.0. The summed E-state index contributed by atoms with van der Waals surface area (Å²) in [6, 6.07) is 16.5. The summed E-state index contributed by atoms with van der Waals surface area (Å²) in [6.07, 6.45) is -0.467. The number of aliphatic carboxylic acids is 1. The van der Waals surface area contributed by atoms with Crippen LogP contribution in [0.1, 0.15) is 23.5 Å². The van der Waals surface area contributed by atoms with E-state index in [9.17, 15) is 9.59 Å². The third-order valence-corrected chi connectivity index (χ3v) is 9.16. The first-order valence-corrected chi connectivity index (χ1v) is 22.6. The van der Waals surface area contributed by atoms with E-state index in [0.29, 0.717) is 185 Å². The predicted octanol–water partition coefficient (Wildman–Crippen LogP) is 3.23. The van der Waals surface area contributed by atoms with E-state index >= 15 is 0 Å². The molecule has 0 aliphatic heterocycles. The average molecular weight is 928 g/mol. The Morgan fingerprint density at radius 1 is 0.385 bits per heavy atom. The zero-order chi connectivity index (χ0) is 45.9. The lowest BCUT2D eigenvalue weighted by atomic mass is 9.98. The number of hydrogen-bond donors (Lipinski definition) is 2. The maximum absolute atomic E-state index is 12.3. The highest BCUT2D eigenvalue weighted by atomic mass is 16.6. The molecular formula is C46H73NO18. The summed E-state index contributed by atoms with van der Waals surface area (Å²) in [6.45, 7) is 13.1. The number of nitrogens with one attached hydrogen (secondary N) is 1. The van der Waals surface area contributed by atoms with Gasteiger partial charge in [-0.15, -0.1) is 0 Å². The third-order valence-electron chi connectivity index (χ3n) is 9.16. The van der Waals surface area contributed by atoms with Crippen molar-refractivity contribution in [1.82, 2.24) is 5.32 Å².